The molecule has 0 bridgehead atoms. The number of anilines is 1. The summed E-state index contributed by atoms with van der Waals surface area (Å²) < 4.78 is 5.35. The summed E-state index contributed by atoms with van der Waals surface area (Å²) in [5.41, 5.74) is 3.94. The number of allylic oxidation sites excluding steroid dienone is 2. The molecule has 1 saturated heterocycles. The predicted molar refractivity (Wildman–Crippen MR) is 121 cm³/mol. The Morgan fingerprint density at radius 3 is 2.74 bits per heavy atom. The van der Waals surface area contributed by atoms with Crippen LogP contribution in [-0.4, -0.2) is 61.2 Å². The molecule has 31 heavy (non-hydrogen) atoms. The van der Waals surface area contributed by atoms with Crippen LogP contribution in [0.5, 0.6) is 11.5 Å². The van der Waals surface area contributed by atoms with Gasteiger partial charge in [-0.1, -0.05) is 30.4 Å². The van der Waals surface area contributed by atoms with Gasteiger partial charge < -0.3 is 25.0 Å². The van der Waals surface area contributed by atoms with Crippen molar-refractivity contribution < 1.29 is 14.6 Å². The summed E-state index contributed by atoms with van der Waals surface area (Å²) in [6, 6.07) is 11.7. The molecule has 0 aromatic heterocycles. The van der Waals surface area contributed by atoms with E-state index < -0.39 is 0 Å². The lowest BCUT2D eigenvalue weighted by molar-refractivity contribution is 0.0664. The van der Waals surface area contributed by atoms with Gasteiger partial charge in [0, 0.05) is 32.1 Å². The Balaban J connectivity index is 1.53. The van der Waals surface area contributed by atoms with E-state index in [1.807, 2.05) is 29.2 Å². The quantitative estimate of drug-likeness (QED) is 0.744. The van der Waals surface area contributed by atoms with Gasteiger partial charge in [-0.3, -0.25) is 4.79 Å². The molecule has 3 unspecified atom stereocenters. The monoisotopic (exact) mass is 419 g/mol. The molecule has 162 valence electrons. The molecule has 3 aliphatic rings. The number of rotatable bonds is 3. The summed E-state index contributed by atoms with van der Waals surface area (Å²) in [6.07, 6.45) is 5.49. The molecule has 2 aromatic rings. The molecular weight excluding hydrogens is 390 g/mol. The highest BCUT2D eigenvalue weighted by molar-refractivity contribution is 6.01. The van der Waals surface area contributed by atoms with E-state index in [2.05, 4.69) is 35.5 Å². The van der Waals surface area contributed by atoms with E-state index in [1.165, 1.54) is 5.56 Å². The summed E-state index contributed by atoms with van der Waals surface area (Å²) in [4.78, 5) is 17.7. The Labute approximate surface area is 183 Å². The number of nitrogens with one attached hydrogen (secondary N) is 1. The van der Waals surface area contributed by atoms with E-state index in [9.17, 15) is 9.90 Å². The van der Waals surface area contributed by atoms with Crippen molar-refractivity contribution >= 4 is 11.6 Å². The molecule has 2 aromatic carbocycles. The number of carbonyl (C=O) groups is 1. The molecule has 1 amide bonds. The molecule has 3 atom stereocenters. The molecule has 1 aliphatic carbocycles. The highest BCUT2D eigenvalue weighted by Crippen LogP contribution is 2.51. The Morgan fingerprint density at radius 1 is 1.16 bits per heavy atom. The fraction of sp³-hybridized carbons (Fsp3) is 0.400. The number of hydrogen-bond acceptors (Lipinski definition) is 5. The van der Waals surface area contributed by atoms with Crippen molar-refractivity contribution in [3.8, 4) is 11.5 Å². The van der Waals surface area contributed by atoms with Crippen molar-refractivity contribution in [2.24, 2.45) is 5.92 Å². The van der Waals surface area contributed by atoms with Crippen LogP contribution in [0.15, 0.2) is 48.6 Å². The zero-order valence-electron chi connectivity index (χ0n) is 18.0. The van der Waals surface area contributed by atoms with Crippen LogP contribution in [-0.2, 0) is 0 Å². The Kier molecular flexibility index (Phi) is 5.10. The number of ether oxygens (including phenoxy) is 1. The number of aromatic hydroxyl groups is 1. The normalized spacial score (nSPS) is 25.0. The zero-order valence-corrected chi connectivity index (χ0v) is 18.0. The summed E-state index contributed by atoms with van der Waals surface area (Å²) >= 11 is 0. The van der Waals surface area contributed by atoms with Crippen LogP contribution in [0.1, 0.15) is 39.9 Å². The zero-order chi connectivity index (χ0) is 21.5. The van der Waals surface area contributed by atoms with Crippen LogP contribution in [0, 0.1) is 5.92 Å². The Morgan fingerprint density at radius 2 is 1.97 bits per heavy atom. The van der Waals surface area contributed by atoms with Gasteiger partial charge in [0.1, 0.15) is 0 Å². The van der Waals surface area contributed by atoms with Crippen LogP contribution >= 0.6 is 0 Å². The second-order valence-electron chi connectivity index (χ2n) is 8.77. The number of nitrogens with zero attached hydrogens (tertiary/aromatic N) is 2. The highest BCUT2D eigenvalue weighted by atomic mass is 16.5. The SMILES string of the molecule is COc1cc(C2Nc3c(C(=O)N4CCN(C)CC4)cccc3C3C=CCC32)ccc1O. The number of hydrogen-bond donors (Lipinski definition) is 2. The van der Waals surface area contributed by atoms with E-state index in [1.54, 1.807) is 13.2 Å². The predicted octanol–water partition coefficient (Wildman–Crippen LogP) is 3.61. The summed E-state index contributed by atoms with van der Waals surface area (Å²) in [6.45, 7) is 3.31. The van der Waals surface area contributed by atoms with Gasteiger partial charge in [-0.05, 0) is 48.7 Å². The van der Waals surface area contributed by atoms with E-state index in [-0.39, 0.29) is 23.6 Å². The molecule has 6 nitrogen and oxygen atoms in total. The molecule has 5 rings (SSSR count). The largest absolute Gasteiger partial charge is 0.504 e. The number of methoxy groups -OCH3 is 1. The first kappa shape index (κ1) is 19.9. The second kappa shape index (κ2) is 7.93. The molecule has 2 heterocycles. The molecule has 2 aliphatic heterocycles. The minimum Gasteiger partial charge on any atom is -0.504 e. The number of para-hydroxylation sites is 1. The van der Waals surface area contributed by atoms with Gasteiger partial charge >= 0.3 is 0 Å². The van der Waals surface area contributed by atoms with Crippen molar-refractivity contribution in [3.05, 3.63) is 65.2 Å². The third-order valence-electron chi connectivity index (χ3n) is 6.98. The topological polar surface area (TPSA) is 65.0 Å². The maximum Gasteiger partial charge on any atom is 0.256 e. The van der Waals surface area contributed by atoms with Gasteiger partial charge in [0.25, 0.3) is 5.91 Å². The van der Waals surface area contributed by atoms with Gasteiger partial charge in [0.2, 0.25) is 0 Å². The highest BCUT2D eigenvalue weighted by Gasteiger charge is 2.40. The van der Waals surface area contributed by atoms with Gasteiger partial charge in [-0.25, -0.2) is 0 Å². The third-order valence-corrected chi connectivity index (χ3v) is 6.98. The first-order valence-corrected chi connectivity index (χ1v) is 11.0. The smallest absolute Gasteiger partial charge is 0.256 e. The molecule has 1 fully saturated rings. The number of phenolic OH excluding ortho intramolecular Hbond substituents is 1. The summed E-state index contributed by atoms with van der Waals surface area (Å²) in [5, 5.41) is 13.8. The number of carbonyl (C=O) groups excluding carboxylic acids is 1. The van der Waals surface area contributed by atoms with Gasteiger partial charge in [0.15, 0.2) is 11.5 Å². The average Bonchev–Trinajstić information content (AvgIpc) is 3.29. The van der Waals surface area contributed by atoms with Crippen LogP contribution in [0.2, 0.25) is 0 Å². The number of likely N-dealkylation sites (N-methyl/N-ethyl adjacent to an activating group) is 1. The lowest BCUT2D eigenvalue weighted by Gasteiger charge is -2.39. The van der Waals surface area contributed by atoms with Crippen molar-refractivity contribution in [3.63, 3.8) is 0 Å². The summed E-state index contributed by atoms with van der Waals surface area (Å²) in [5.74, 6) is 1.32. The maximum atomic E-state index is 13.5. The minimum absolute atomic E-state index is 0.0310. The lowest BCUT2D eigenvalue weighted by atomic mass is 9.76. The number of amides is 1. The fourth-order valence-electron chi connectivity index (χ4n) is 5.20. The third kappa shape index (κ3) is 3.45. The van der Waals surface area contributed by atoms with Crippen LogP contribution in [0.3, 0.4) is 0 Å². The van der Waals surface area contributed by atoms with Crippen molar-refractivity contribution in [2.45, 2.75) is 18.4 Å². The number of phenols is 1. The van der Waals surface area contributed by atoms with Crippen LogP contribution in [0.4, 0.5) is 5.69 Å². The maximum absolute atomic E-state index is 13.5. The van der Waals surface area contributed by atoms with Gasteiger partial charge in [-0.15, -0.1) is 0 Å². The van der Waals surface area contributed by atoms with Crippen molar-refractivity contribution in [2.75, 3.05) is 45.7 Å². The van der Waals surface area contributed by atoms with E-state index >= 15 is 0 Å². The first-order chi connectivity index (χ1) is 15.1. The van der Waals surface area contributed by atoms with E-state index in [0.29, 0.717) is 11.7 Å². The van der Waals surface area contributed by atoms with Crippen molar-refractivity contribution in [1.29, 1.82) is 0 Å². The number of piperazine rings is 1. The van der Waals surface area contributed by atoms with E-state index in [0.717, 1.165) is 49.4 Å². The molecular formula is C25H29N3O3. The van der Waals surface area contributed by atoms with Crippen molar-refractivity contribution in [1.82, 2.24) is 9.80 Å². The minimum atomic E-state index is 0.0310. The summed E-state index contributed by atoms with van der Waals surface area (Å²) in [7, 11) is 3.66. The second-order valence-corrected chi connectivity index (χ2v) is 8.77. The lowest BCUT2D eigenvalue weighted by Crippen LogP contribution is -2.47. The Hall–Kier alpha value is -2.99. The van der Waals surface area contributed by atoms with Crippen LogP contribution in [0.25, 0.3) is 0 Å². The van der Waals surface area contributed by atoms with Crippen LogP contribution < -0.4 is 10.1 Å². The first-order valence-electron chi connectivity index (χ1n) is 11.0. The fourth-order valence-corrected chi connectivity index (χ4v) is 5.20. The van der Waals surface area contributed by atoms with Gasteiger partial charge in [-0.2, -0.15) is 0 Å². The molecule has 0 saturated carbocycles. The molecule has 0 radical (unpaired) electrons. The molecule has 6 heteroatoms. The molecule has 2 N–H and O–H groups in total. The average molecular weight is 420 g/mol. The standard InChI is InChI=1S/C25H29N3O3/c1-27-11-13-28(14-12-27)25(30)20-8-4-7-19-17-5-3-6-18(17)23(26-24(19)20)16-9-10-21(29)22(15-16)31-2/h3-5,7-10,15,17-18,23,26,29H,6,11-14H2,1-2H3. The van der Waals surface area contributed by atoms with Gasteiger partial charge in [0.05, 0.1) is 24.4 Å². The molecule has 0 spiro atoms. The number of benzene rings is 2. The van der Waals surface area contributed by atoms with E-state index in [4.69, 9.17) is 4.74 Å². The number of fused-ring (bicyclic) bond motifs is 3. The Bertz CT molecular complexity index is 1030.